The van der Waals surface area contributed by atoms with Crippen molar-refractivity contribution in [2.75, 3.05) is 19.6 Å². The monoisotopic (exact) mass is 411 g/mol. The van der Waals surface area contributed by atoms with Crippen LogP contribution in [0, 0.1) is 11.3 Å². The summed E-state index contributed by atoms with van der Waals surface area (Å²) in [5.74, 6) is -0.234. The lowest BCUT2D eigenvalue weighted by Gasteiger charge is -2.20. The van der Waals surface area contributed by atoms with E-state index in [1.807, 2.05) is 6.07 Å². The first kappa shape index (κ1) is 21.0. The van der Waals surface area contributed by atoms with Crippen LogP contribution in [0.5, 0.6) is 0 Å². The maximum Gasteiger partial charge on any atom is 0.251 e. The molecule has 7 heteroatoms. The molecular weight excluding hydrogens is 386 g/mol. The van der Waals surface area contributed by atoms with Gasteiger partial charge in [0.15, 0.2) is 0 Å². The van der Waals surface area contributed by atoms with Crippen molar-refractivity contribution < 1.29 is 13.2 Å². The van der Waals surface area contributed by atoms with E-state index in [-0.39, 0.29) is 5.91 Å². The molecule has 6 nitrogen and oxygen atoms in total. The average molecular weight is 412 g/mol. The molecule has 3 rings (SSSR count). The fourth-order valence-electron chi connectivity index (χ4n) is 3.41. The Balaban J connectivity index is 1.56. The summed E-state index contributed by atoms with van der Waals surface area (Å²) in [7, 11) is -3.44. The van der Waals surface area contributed by atoms with Gasteiger partial charge in [-0.3, -0.25) is 4.79 Å². The molecule has 2 aromatic rings. The highest BCUT2D eigenvalue weighted by Gasteiger charge is 2.24. The summed E-state index contributed by atoms with van der Waals surface area (Å²) in [4.78, 5) is 12.5. The second-order valence-corrected chi connectivity index (χ2v) is 9.10. The van der Waals surface area contributed by atoms with Gasteiger partial charge in [0.1, 0.15) is 0 Å². The minimum absolute atomic E-state index is 0.234. The van der Waals surface area contributed by atoms with Crippen LogP contribution in [0.3, 0.4) is 0 Å². The van der Waals surface area contributed by atoms with E-state index in [9.17, 15) is 13.2 Å². The second-order valence-electron chi connectivity index (χ2n) is 7.16. The highest BCUT2D eigenvalue weighted by Crippen LogP contribution is 2.20. The van der Waals surface area contributed by atoms with E-state index in [4.69, 9.17) is 5.26 Å². The van der Waals surface area contributed by atoms with Crippen molar-refractivity contribution in [2.24, 2.45) is 0 Å². The summed E-state index contributed by atoms with van der Waals surface area (Å²) in [6, 6.07) is 15.5. The number of hydrogen-bond donors (Lipinski definition) is 1. The topological polar surface area (TPSA) is 90.3 Å². The van der Waals surface area contributed by atoms with Crippen LogP contribution >= 0.6 is 0 Å². The largest absolute Gasteiger partial charge is 0.352 e. The lowest BCUT2D eigenvalue weighted by Crippen LogP contribution is -2.31. The zero-order valence-corrected chi connectivity index (χ0v) is 17.1. The summed E-state index contributed by atoms with van der Waals surface area (Å²) in [5.41, 5.74) is 1.84. The van der Waals surface area contributed by atoms with Gasteiger partial charge in [0.2, 0.25) is 10.0 Å². The number of hydrogen-bond acceptors (Lipinski definition) is 4. The molecule has 1 amide bonds. The van der Waals surface area contributed by atoms with Crippen LogP contribution in [0.25, 0.3) is 0 Å². The number of amides is 1. The SMILES string of the molecule is N#Cc1cccc(C(=O)NCCc2ccc(S(=O)(=O)N3CCCCCC3)cc2)c1. The van der Waals surface area contributed by atoms with Crippen LogP contribution in [0.15, 0.2) is 53.4 Å². The van der Waals surface area contributed by atoms with Crippen molar-refractivity contribution in [2.45, 2.75) is 37.0 Å². The van der Waals surface area contributed by atoms with E-state index in [0.717, 1.165) is 31.2 Å². The Labute approximate surface area is 172 Å². The van der Waals surface area contributed by atoms with Crippen molar-refractivity contribution in [1.29, 1.82) is 5.26 Å². The van der Waals surface area contributed by atoms with Gasteiger partial charge in [-0.25, -0.2) is 8.42 Å². The molecule has 0 spiro atoms. The van der Waals surface area contributed by atoms with Crippen LogP contribution in [0.4, 0.5) is 0 Å². The van der Waals surface area contributed by atoms with E-state index in [1.165, 1.54) is 0 Å². The first-order valence-corrected chi connectivity index (χ1v) is 11.3. The first-order valence-electron chi connectivity index (χ1n) is 9.88. The van der Waals surface area contributed by atoms with Gasteiger partial charge in [0.05, 0.1) is 16.5 Å². The zero-order valence-electron chi connectivity index (χ0n) is 16.3. The van der Waals surface area contributed by atoms with Gasteiger partial charge in [-0.05, 0) is 55.2 Å². The van der Waals surface area contributed by atoms with Gasteiger partial charge in [-0.1, -0.05) is 31.0 Å². The molecule has 0 unspecified atom stereocenters. The molecule has 1 aliphatic rings. The molecule has 0 aliphatic carbocycles. The maximum absolute atomic E-state index is 12.8. The van der Waals surface area contributed by atoms with E-state index < -0.39 is 10.0 Å². The van der Waals surface area contributed by atoms with Gasteiger partial charge in [0.25, 0.3) is 5.91 Å². The molecule has 0 bridgehead atoms. The zero-order chi connectivity index (χ0) is 20.7. The number of nitrogens with zero attached hydrogens (tertiary/aromatic N) is 2. The van der Waals surface area contributed by atoms with Crippen LogP contribution in [-0.4, -0.2) is 38.3 Å². The highest BCUT2D eigenvalue weighted by atomic mass is 32.2. The summed E-state index contributed by atoms with van der Waals surface area (Å²) >= 11 is 0. The smallest absolute Gasteiger partial charge is 0.251 e. The predicted octanol–water partition coefficient (Wildman–Crippen LogP) is 3.10. The number of nitriles is 1. The molecule has 29 heavy (non-hydrogen) atoms. The lowest BCUT2D eigenvalue weighted by atomic mass is 10.1. The van der Waals surface area contributed by atoms with Crippen LogP contribution < -0.4 is 5.32 Å². The van der Waals surface area contributed by atoms with Gasteiger partial charge in [-0.2, -0.15) is 9.57 Å². The summed E-state index contributed by atoms with van der Waals surface area (Å²) < 4.78 is 27.2. The molecule has 1 heterocycles. The molecular formula is C22H25N3O3S. The summed E-state index contributed by atoms with van der Waals surface area (Å²) in [6.07, 6.45) is 4.57. The molecule has 1 aliphatic heterocycles. The fraction of sp³-hybridized carbons (Fsp3) is 0.364. The number of carbonyl (C=O) groups is 1. The minimum atomic E-state index is -3.44. The molecule has 1 N–H and O–H groups in total. The molecule has 152 valence electrons. The second kappa shape index (κ2) is 9.68. The van der Waals surface area contributed by atoms with Crippen LogP contribution in [0.1, 0.15) is 47.2 Å². The van der Waals surface area contributed by atoms with Gasteiger partial charge >= 0.3 is 0 Å². The number of benzene rings is 2. The quantitative estimate of drug-likeness (QED) is 0.791. The third-order valence-corrected chi connectivity index (χ3v) is 6.99. The van der Waals surface area contributed by atoms with E-state index in [1.54, 1.807) is 52.8 Å². The summed E-state index contributed by atoms with van der Waals surface area (Å²) in [5, 5.41) is 11.7. The fourth-order valence-corrected chi connectivity index (χ4v) is 4.93. The van der Waals surface area contributed by atoms with Crippen molar-refractivity contribution in [3.8, 4) is 6.07 Å². The Hall–Kier alpha value is -2.69. The Morgan fingerprint density at radius 1 is 1.03 bits per heavy atom. The van der Waals surface area contributed by atoms with Crippen molar-refractivity contribution in [3.63, 3.8) is 0 Å². The predicted molar refractivity (Wildman–Crippen MR) is 111 cm³/mol. The Morgan fingerprint density at radius 2 is 1.72 bits per heavy atom. The third-order valence-electron chi connectivity index (χ3n) is 5.08. The normalized spacial score (nSPS) is 15.3. The highest BCUT2D eigenvalue weighted by molar-refractivity contribution is 7.89. The number of carbonyl (C=O) groups excluding carboxylic acids is 1. The van der Waals surface area contributed by atoms with E-state index in [0.29, 0.717) is 42.1 Å². The Bertz CT molecular complexity index is 987. The summed E-state index contributed by atoms with van der Waals surface area (Å²) in [6.45, 7) is 1.60. The van der Waals surface area contributed by atoms with Gasteiger partial charge < -0.3 is 5.32 Å². The number of nitrogens with one attached hydrogen (secondary N) is 1. The first-order chi connectivity index (χ1) is 14.0. The number of sulfonamides is 1. The molecule has 1 saturated heterocycles. The van der Waals surface area contributed by atoms with Crippen molar-refractivity contribution in [1.82, 2.24) is 9.62 Å². The molecule has 0 radical (unpaired) electrons. The lowest BCUT2D eigenvalue weighted by molar-refractivity contribution is 0.0954. The van der Waals surface area contributed by atoms with Crippen molar-refractivity contribution >= 4 is 15.9 Å². The third kappa shape index (κ3) is 5.43. The maximum atomic E-state index is 12.8. The van der Waals surface area contributed by atoms with E-state index in [2.05, 4.69) is 5.32 Å². The Morgan fingerprint density at radius 3 is 2.38 bits per heavy atom. The van der Waals surface area contributed by atoms with Crippen molar-refractivity contribution in [3.05, 3.63) is 65.2 Å². The standard InChI is InChI=1S/C22H25N3O3S/c23-17-19-6-5-7-20(16-19)22(26)24-13-12-18-8-10-21(11-9-18)29(27,28)25-14-3-1-2-4-15-25/h5-11,16H,1-4,12-15H2,(H,24,26). The Kier molecular flexibility index (Phi) is 7.02. The molecule has 2 aromatic carbocycles. The molecule has 0 saturated carbocycles. The molecule has 0 aromatic heterocycles. The van der Waals surface area contributed by atoms with Gasteiger partial charge in [-0.15, -0.1) is 0 Å². The minimum Gasteiger partial charge on any atom is -0.352 e. The number of rotatable bonds is 6. The van der Waals surface area contributed by atoms with Gasteiger partial charge in [0, 0.05) is 25.2 Å². The molecule has 0 atom stereocenters. The van der Waals surface area contributed by atoms with Crippen LogP contribution in [0.2, 0.25) is 0 Å². The molecule has 1 fully saturated rings. The average Bonchev–Trinajstić information content (AvgIpc) is 3.04. The van der Waals surface area contributed by atoms with Crippen LogP contribution in [-0.2, 0) is 16.4 Å². The van der Waals surface area contributed by atoms with E-state index >= 15 is 0 Å².